The van der Waals surface area contributed by atoms with Crippen LogP contribution in [-0.2, 0) is 13.0 Å². The molecule has 1 aromatic heterocycles. The van der Waals surface area contributed by atoms with Crippen molar-refractivity contribution in [2.24, 2.45) is 0 Å². The third-order valence-electron chi connectivity index (χ3n) is 2.85. The molecule has 0 unspecified atom stereocenters. The van der Waals surface area contributed by atoms with Crippen LogP contribution in [0.4, 0.5) is 13.6 Å². The fraction of sp³-hybridized carbons (Fsp3) is 0.267. The topological polar surface area (TPSA) is 50.4 Å². The second-order valence-corrected chi connectivity index (χ2v) is 5.49. The number of ether oxygens (including phenoxy) is 1. The van der Waals surface area contributed by atoms with E-state index in [9.17, 15) is 13.6 Å². The molecule has 0 aliphatic rings. The zero-order valence-corrected chi connectivity index (χ0v) is 12.5. The van der Waals surface area contributed by atoms with Gasteiger partial charge in [-0.2, -0.15) is 8.78 Å². The molecule has 2 N–H and O–H groups in total. The Kier molecular flexibility index (Phi) is 6.14. The van der Waals surface area contributed by atoms with Gasteiger partial charge in [-0.3, -0.25) is 0 Å². The lowest BCUT2D eigenvalue weighted by molar-refractivity contribution is -0.0498. The Morgan fingerprint density at radius 3 is 2.59 bits per heavy atom. The summed E-state index contributed by atoms with van der Waals surface area (Å²) < 4.78 is 28.3. The van der Waals surface area contributed by atoms with Crippen molar-refractivity contribution in [3.05, 3.63) is 52.2 Å². The number of benzene rings is 1. The maximum absolute atomic E-state index is 12.0. The highest BCUT2D eigenvalue weighted by molar-refractivity contribution is 7.09. The van der Waals surface area contributed by atoms with Gasteiger partial charge in [0.2, 0.25) is 0 Å². The molecule has 2 amide bonds. The van der Waals surface area contributed by atoms with Gasteiger partial charge >= 0.3 is 12.6 Å². The van der Waals surface area contributed by atoms with Gasteiger partial charge in [0.15, 0.2) is 0 Å². The quantitative estimate of drug-likeness (QED) is 0.819. The van der Waals surface area contributed by atoms with Crippen LogP contribution in [0.15, 0.2) is 41.8 Å². The molecule has 0 radical (unpaired) electrons. The molecule has 118 valence electrons. The Morgan fingerprint density at radius 1 is 1.18 bits per heavy atom. The molecule has 0 saturated heterocycles. The summed E-state index contributed by atoms with van der Waals surface area (Å²) in [7, 11) is 0. The van der Waals surface area contributed by atoms with E-state index in [1.165, 1.54) is 12.1 Å². The first kappa shape index (κ1) is 16.2. The van der Waals surface area contributed by atoms with E-state index in [1.54, 1.807) is 23.5 Å². The summed E-state index contributed by atoms with van der Waals surface area (Å²) in [6.45, 7) is -1.85. The number of hydrogen-bond donors (Lipinski definition) is 2. The molecule has 1 heterocycles. The minimum atomic E-state index is -2.82. The van der Waals surface area contributed by atoms with Crippen LogP contribution in [0.1, 0.15) is 10.4 Å². The number of carbonyl (C=O) groups is 1. The first-order valence-electron chi connectivity index (χ1n) is 6.71. The average Bonchev–Trinajstić information content (AvgIpc) is 3.00. The fourth-order valence-corrected chi connectivity index (χ4v) is 2.45. The van der Waals surface area contributed by atoms with E-state index in [4.69, 9.17) is 0 Å². The van der Waals surface area contributed by atoms with E-state index in [1.807, 2.05) is 17.5 Å². The molecule has 2 rings (SSSR count). The zero-order chi connectivity index (χ0) is 15.8. The number of thiophene rings is 1. The number of carbonyl (C=O) groups excluding carboxylic acids is 1. The van der Waals surface area contributed by atoms with Gasteiger partial charge in [-0.15, -0.1) is 11.3 Å². The summed E-state index contributed by atoms with van der Waals surface area (Å²) in [6, 6.07) is 10.0. The Morgan fingerprint density at radius 2 is 1.95 bits per heavy atom. The van der Waals surface area contributed by atoms with Gasteiger partial charge in [0, 0.05) is 11.4 Å². The summed E-state index contributed by atoms with van der Waals surface area (Å²) in [5.74, 6) is 0.125. The van der Waals surface area contributed by atoms with E-state index in [-0.39, 0.29) is 11.8 Å². The van der Waals surface area contributed by atoms with Crippen LogP contribution in [0.5, 0.6) is 5.75 Å². The number of urea groups is 1. The van der Waals surface area contributed by atoms with Crippen LogP contribution in [0.3, 0.4) is 0 Å². The second kappa shape index (κ2) is 8.33. The van der Waals surface area contributed by atoms with Crippen LogP contribution >= 0.6 is 11.3 Å². The van der Waals surface area contributed by atoms with Crippen molar-refractivity contribution in [1.82, 2.24) is 10.6 Å². The lowest BCUT2D eigenvalue weighted by Gasteiger charge is -2.08. The summed E-state index contributed by atoms with van der Waals surface area (Å²) in [5.41, 5.74) is 0.931. The van der Waals surface area contributed by atoms with Gasteiger partial charge in [0.05, 0.1) is 6.54 Å². The second-order valence-electron chi connectivity index (χ2n) is 4.46. The van der Waals surface area contributed by atoms with Gasteiger partial charge in [-0.1, -0.05) is 18.2 Å². The maximum Gasteiger partial charge on any atom is 0.387 e. The highest BCUT2D eigenvalue weighted by atomic mass is 32.1. The lowest BCUT2D eigenvalue weighted by atomic mass is 10.1. The summed E-state index contributed by atoms with van der Waals surface area (Å²) in [4.78, 5) is 12.7. The minimum absolute atomic E-state index is 0.125. The first-order chi connectivity index (χ1) is 10.6. The molecule has 0 aliphatic heterocycles. The molecule has 0 atom stereocenters. The van der Waals surface area contributed by atoms with Crippen molar-refractivity contribution in [1.29, 1.82) is 0 Å². The number of hydrogen-bond acceptors (Lipinski definition) is 3. The molecule has 1 aromatic carbocycles. The largest absolute Gasteiger partial charge is 0.435 e. The molecule has 7 heteroatoms. The number of alkyl halides is 2. The van der Waals surface area contributed by atoms with Crippen molar-refractivity contribution < 1.29 is 18.3 Å². The monoisotopic (exact) mass is 326 g/mol. The van der Waals surface area contributed by atoms with E-state index in [0.29, 0.717) is 19.5 Å². The third-order valence-corrected chi connectivity index (χ3v) is 3.73. The number of nitrogens with one attached hydrogen (secondary N) is 2. The highest BCUT2D eigenvalue weighted by Gasteiger charge is 2.04. The van der Waals surface area contributed by atoms with Crippen molar-refractivity contribution in [3.63, 3.8) is 0 Å². The molecule has 0 spiro atoms. The Labute approximate surface area is 131 Å². The van der Waals surface area contributed by atoms with E-state index < -0.39 is 6.61 Å². The first-order valence-corrected chi connectivity index (χ1v) is 7.59. The van der Waals surface area contributed by atoms with E-state index >= 15 is 0 Å². The number of amides is 2. The average molecular weight is 326 g/mol. The highest BCUT2D eigenvalue weighted by Crippen LogP contribution is 2.15. The van der Waals surface area contributed by atoms with E-state index in [2.05, 4.69) is 15.4 Å². The van der Waals surface area contributed by atoms with Crippen LogP contribution in [-0.4, -0.2) is 19.2 Å². The predicted molar refractivity (Wildman–Crippen MR) is 81.3 cm³/mol. The molecule has 2 aromatic rings. The molecule has 0 aliphatic carbocycles. The number of rotatable bonds is 7. The van der Waals surface area contributed by atoms with Gasteiger partial charge in [-0.25, -0.2) is 4.79 Å². The van der Waals surface area contributed by atoms with Gasteiger partial charge in [0.25, 0.3) is 0 Å². The third kappa shape index (κ3) is 5.69. The standard InChI is InChI=1S/C15H16F2N2O2S/c16-14(17)21-12-5-3-11(4-6-12)7-8-18-15(20)19-10-13-2-1-9-22-13/h1-6,9,14H,7-8,10H2,(H2,18,19,20). The van der Waals surface area contributed by atoms with Gasteiger partial charge in [0.1, 0.15) is 5.75 Å². The van der Waals surface area contributed by atoms with Crippen molar-refractivity contribution in [3.8, 4) is 5.75 Å². The van der Waals surface area contributed by atoms with E-state index in [0.717, 1.165) is 10.4 Å². The molecular formula is C15H16F2N2O2S. The Balaban J connectivity index is 1.66. The molecule has 0 fully saturated rings. The van der Waals surface area contributed by atoms with Crippen molar-refractivity contribution in [2.45, 2.75) is 19.6 Å². The normalized spacial score (nSPS) is 10.5. The summed E-state index contributed by atoms with van der Waals surface area (Å²) in [6.07, 6.45) is 0.612. The Hall–Kier alpha value is -2.15. The molecule has 0 bridgehead atoms. The predicted octanol–water partition coefficient (Wildman–Crippen LogP) is 3.39. The molecule has 0 saturated carbocycles. The fourth-order valence-electron chi connectivity index (χ4n) is 1.80. The van der Waals surface area contributed by atoms with Crippen molar-refractivity contribution >= 4 is 17.4 Å². The summed E-state index contributed by atoms with van der Waals surface area (Å²) >= 11 is 1.58. The van der Waals surface area contributed by atoms with Crippen molar-refractivity contribution in [2.75, 3.05) is 6.54 Å². The molecule has 22 heavy (non-hydrogen) atoms. The SMILES string of the molecule is O=C(NCCc1ccc(OC(F)F)cc1)NCc1cccs1. The van der Waals surface area contributed by atoms with Gasteiger partial charge in [-0.05, 0) is 35.6 Å². The maximum atomic E-state index is 12.0. The van der Waals surface area contributed by atoms with Crippen LogP contribution in [0, 0.1) is 0 Å². The minimum Gasteiger partial charge on any atom is -0.435 e. The van der Waals surface area contributed by atoms with Gasteiger partial charge < -0.3 is 15.4 Å². The Bertz CT molecular complexity index is 574. The van der Waals surface area contributed by atoms with Crippen LogP contribution in [0.2, 0.25) is 0 Å². The lowest BCUT2D eigenvalue weighted by Crippen LogP contribution is -2.35. The van der Waals surface area contributed by atoms with Crippen LogP contribution in [0.25, 0.3) is 0 Å². The molecule has 4 nitrogen and oxygen atoms in total. The zero-order valence-electron chi connectivity index (χ0n) is 11.7. The smallest absolute Gasteiger partial charge is 0.387 e. The summed E-state index contributed by atoms with van der Waals surface area (Å²) in [5, 5.41) is 7.46. The van der Waals surface area contributed by atoms with Crippen LogP contribution < -0.4 is 15.4 Å². The molecular weight excluding hydrogens is 310 g/mol. The number of halogens is 2.